The lowest BCUT2D eigenvalue weighted by Crippen LogP contribution is -2.81. The standard InChI is InChI=1S/C36H30O9Si3/c1-7-19-31(20-8-1)37-46(38-32-21-9-2-10-22-32)43-47(39-33-23-11-3-12-24-33,40-34-25-13-4-14-26-34)45-48(44-46,41-35-27-15-5-16-28-35)42-36-29-17-6-18-30-36/h1-30H. The maximum atomic E-state index is 6.83. The van der Waals surface area contributed by atoms with Gasteiger partial charge in [0, 0.05) is 0 Å². The molecule has 0 atom stereocenters. The molecule has 0 unspecified atom stereocenters. The van der Waals surface area contributed by atoms with Gasteiger partial charge in [-0.25, -0.2) is 0 Å². The molecule has 0 spiro atoms. The van der Waals surface area contributed by atoms with Gasteiger partial charge in [-0.2, -0.15) is 0 Å². The second kappa shape index (κ2) is 14.2. The number of hydrogen-bond acceptors (Lipinski definition) is 9. The molecular weight excluding hydrogens is 661 g/mol. The molecule has 1 heterocycles. The van der Waals surface area contributed by atoms with Crippen LogP contribution in [0.5, 0.6) is 34.5 Å². The Hall–Kier alpha value is -5.35. The van der Waals surface area contributed by atoms with Gasteiger partial charge in [0.25, 0.3) is 0 Å². The van der Waals surface area contributed by atoms with E-state index in [-0.39, 0.29) is 0 Å². The first kappa shape index (κ1) is 31.3. The molecular formula is C36H30O9Si3. The third-order valence-electron chi connectivity index (χ3n) is 6.67. The Morgan fingerprint density at radius 3 is 0.521 bits per heavy atom. The van der Waals surface area contributed by atoms with Crippen molar-refractivity contribution in [1.82, 2.24) is 0 Å². The Morgan fingerprint density at radius 1 is 0.229 bits per heavy atom. The Morgan fingerprint density at radius 2 is 0.375 bits per heavy atom. The molecule has 0 aromatic heterocycles. The zero-order valence-corrected chi connectivity index (χ0v) is 28.5. The molecule has 1 aliphatic rings. The van der Waals surface area contributed by atoms with Crippen LogP contribution in [0.4, 0.5) is 0 Å². The summed E-state index contributed by atoms with van der Waals surface area (Å²) < 4.78 is 60.4. The van der Waals surface area contributed by atoms with Gasteiger partial charge in [0.15, 0.2) is 0 Å². The zero-order chi connectivity index (χ0) is 32.5. The summed E-state index contributed by atoms with van der Waals surface area (Å²) in [4.78, 5) is 0. The molecule has 6 aromatic rings. The average Bonchev–Trinajstić information content (AvgIpc) is 3.10. The molecule has 9 nitrogen and oxygen atoms in total. The van der Waals surface area contributed by atoms with Crippen molar-refractivity contribution >= 4 is 27.1 Å². The summed E-state index contributed by atoms with van der Waals surface area (Å²) in [6.07, 6.45) is 0. The first-order valence-corrected chi connectivity index (χ1v) is 20.0. The van der Waals surface area contributed by atoms with Crippen LogP contribution in [-0.4, -0.2) is 27.1 Å². The first-order valence-electron chi connectivity index (χ1n) is 15.1. The zero-order valence-electron chi connectivity index (χ0n) is 25.5. The van der Waals surface area contributed by atoms with E-state index in [2.05, 4.69) is 0 Å². The van der Waals surface area contributed by atoms with Crippen molar-refractivity contribution in [2.24, 2.45) is 0 Å². The highest BCUT2D eigenvalue weighted by Gasteiger charge is 2.82. The SMILES string of the molecule is c1ccc(O[Si]2(Oc3ccccc3)O[Si](Oc3ccccc3)(Oc3ccccc3)O[Si](Oc3ccccc3)(Oc3ccccc3)O2)cc1. The minimum atomic E-state index is -4.55. The number of rotatable bonds is 12. The topological polar surface area (TPSA) is 83.1 Å². The largest absolute Gasteiger partial charge is 0.812 e. The predicted octanol–water partition coefficient (Wildman–Crippen LogP) is 7.83. The summed E-state index contributed by atoms with van der Waals surface area (Å²) in [6, 6.07) is 54.4. The molecule has 1 aliphatic heterocycles. The molecule has 0 radical (unpaired) electrons. The predicted molar refractivity (Wildman–Crippen MR) is 183 cm³/mol. The molecule has 0 N–H and O–H groups in total. The summed E-state index contributed by atoms with van der Waals surface area (Å²) in [7, 11) is -13.7. The lowest BCUT2D eigenvalue weighted by atomic mass is 10.3. The van der Waals surface area contributed by atoms with Gasteiger partial charge in [-0.15, -0.1) is 0 Å². The monoisotopic (exact) mass is 690 g/mol. The van der Waals surface area contributed by atoms with E-state index in [0.717, 1.165) is 0 Å². The highest BCUT2D eigenvalue weighted by molar-refractivity contribution is 6.84. The molecule has 7 rings (SSSR count). The van der Waals surface area contributed by atoms with Gasteiger partial charge in [0.2, 0.25) is 0 Å². The van der Waals surface area contributed by atoms with E-state index in [1.165, 1.54) is 0 Å². The van der Waals surface area contributed by atoms with Crippen molar-refractivity contribution in [3.05, 3.63) is 182 Å². The fourth-order valence-electron chi connectivity index (χ4n) is 4.63. The Bertz CT molecular complexity index is 1500. The highest BCUT2D eigenvalue weighted by Crippen LogP contribution is 2.38. The second-order valence-corrected chi connectivity index (χ2v) is 17.0. The smallest absolute Gasteiger partial charge is 0.472 e. The van der Waals surface area contributed by atoms with Crippen molar-refractivity contribution in [2.75, 3.05) is 0 Å². The van der Waals surface area contributed by atoms with Gasteiger partial charge in [0.05, 0.1) is 0 Å². The Kier molecular flexibility index (Phi) is 9.24. The molecule has 12 heteroatoms. The van der Waals surface area contributed by atoms with E-state index in [0.29, 0.717) is 34.5 Å². The Labute approximate surface area is 281 Å². The fraction of sp³-hybridized carbons (Fsp3) is 0. The lowest BCUT2D eigenvalue weighted by Gasteiger charge is -2.43. The maximum Gasteiger partial charge on any atom is 0.812 e. The second-order valence-electron chi connectivity index (χ2n) is 10.3. The fourth-order valence-corrected chi connectivity index (χ4v) is 14.6. The molecule has 1 fully saturated rings. The van der Waals surface area contributed by atoms with E-state index in [4.69, 9.17) is 38.9 Å². The van der Waals surface area contributed by atoms with Crippen molar-refractivity contribution in [2.45, 2.75) is 0 Å². The van der Waals surface area contributed by atoms with Crippen LogP contribution >= 0.6 is 0 Å². The van der Waals surface area contributed by atoms with Gasteiger partial charge >= 0.3 is 27.1 Å². The molecule has 48 heavy (non-hydrogen) atoms. The van der Waals surface area contributed by atoms with Crippen LogP contribution in [0.15, 0.2) is 182 Å². The summed E-state index contributed by atoms with van der Waals surface area (Å²) in [5, 5.41) is 0. The van der Waals surface area contributed by atoms with Crippen LogP contribution in [0.2, 0.25) is 0 Å². The van der Waals surface area contributed by atoms with E-state index < -0.39 is 27.1 Å². The maximum absolute atomic E-state index is 6.83. The van der Waals surface area contributed by atoms with Crippen LogP contribution in [0.25, 0.3) is 0 Å². The van der Waals surface area contributed by atoms with Gasteiger partial charge in [-0.1, -0.05) is 109 Å². The summed E-state index contributed by atoms with van der Waals surface area (Å²) in [5.41, 5.74) is 0. The Balaban J connectivity index is 1.44. The van der Waals surface area contributed by atoms with Gasteiger partial charge in [-0.3, -0.25) is 12.3 Å². The van der Waals surface area contributed by atoms with Crippen LogP contribution in [0.1, 0.15) is 0 Å². The van der Waals surface area contributed by atoms with Gasteiger partial charge in [0.1, 0.15) is 34.5 Å². The first-order chi connectivity index (χ1) is 23.6. The number of para-hydroxylation sites is 6. The van der Waals surface area contributed by atoms with Crippen molar-refractivity contribution in [1.29, 1.82) is 0 Å². The average molecular weight is 691 g/mol. The van der Waals surface area contributed by atoms with E-state index >= 15 is 0 Å². The highest BCUT2D eigenvalue weighted by atomic mass is 28.6. The molecule has 0 amide bonds. The van der Waals surface area contributed by atoms with E-state index in [1.807, 2.05) is 109 Å². The minimum Gasteiger partial charge on any atom is -0.472 e. The lowest BCUT2D eigenvalue weighted by molar-refractivity contribution is -0.0217. The molecule has 0 saturated carbocycles. The molecule has 0 aliphatic carbocycles. The molecule has 240 valence electrons. The minimum absolute atomic E-state index is 0.409. The van der Waals surface area contributed by atoms with E-state index in [9.17, 15) is 0 Å². The third-order valence-corrected chi connectivity index (χ3v) is 15.6. The van der Waals surface area contributed by atoms with Gasteiger partial charge < -0.3 is 26.6 Å². The van der Waals surface area contributed by atoms with Crippen LogP contribution in [0, 0.1) is 0 Å². The van der Waals surface area contributed by atoms with E-state index in [1.54, 1.807) is 72.8 Å². The number of benzene rings is 6. The molecule has 1 saturated heterocycles. The van der Waals surface area contributed by atoms with Crippen molar-refractivity contribution < 1.29 is 38.9 Å². The van der Waals surface area contributed by atoms with Crippen LogP contribution < -0.4 is 26.6 Å². The molecule has 0 bridgehead atoms. The van der Waals surface area contributed by atoms with Crippen LogP contribution in [-0.2, 0) is 12.3 Å². The molecule has 6 aromatic carbocycles. The van der Waals surface area contributed by atoms with Crippen molar-refractivity contribution in [3.63, 3.8) is 0 Å². The number of hydrogen-bond donors (Lipinski definition) is 0. The quantitative estimate of drug-likeness (QED) is 0.119. The van der Waals surface area contributed by atoms with Crippen molar-refractivity contribution in [3.8, 4) is 34.5 Å². The van der Waals surface area contributed by atoms with Crippen LogP contribution in [0.3, 0.4) is 0 Å². The summed E-state index contributed by atoms with van der Waals surface area (Å²) >= 11 is 0. The normalized spacial score (nSPS) is 15.8. The summed E-state index contributed by atoms with van der Waals surface area (Å²) in [6.45, 7) is 0. The summed E-state index contributed by atoms with van der Waals surface area (Å²) in [5.74, 6) is 2.45. The van der Waals surface area contributed by atoms with Gasteiger partial charge in [-0.05, 0) is 72.8 Å². The third kappa shape index (κ3) is 7.78.